The topological polar surface area (TPSA) is 79.7 Å². The van der Waals surface area contributed by atoms with Gasteiger partial charge in [0.25, 0.3) is 5.56 Å². The molecule has 1 fully saturated rings. The number of unbranched alkanes of at least 4 members (excludes halogenated alkanes) is 2. The molecule has 1 aromatic carbocycles. The number of hydrogen-bond acceptors (Lipinski definition) is 4. The Morgan fingerprint density at radius 3 is 2.87 bits per heavy atom. The Labute approximate surface area is 182 Å². The average Bonchev–Trinajstić information content (AvgIpc) is 3.07. The first-order valence-corrected chi connectivity index (χ1v) is 11.4. The summed E-state index contributed by atoms with van der Waals surface area (Å²) in [4.78, 5) is 33.6. The van der Waals surface area contributed by atoms with Crippen molar-refractivity contribution in [2.75, 3.05) is 13.7 Å². The minimum atomic E-state index is -0.210. The fourth-order valence-electron chi connectivity index (χ4n) is 4.55. The van der Waals surface area contributed by atoms with Gasteiger partial charge in [-0.25, -0.2) is 4.99 Å². The molecule has 7 nitrogen and oxygen atoms in total. The maximum Gasteiger partial charge on any atom is 0.274 e. The van der Waals surface area contributed by atoms with E-state index < -0.39 is 0 Å². The zero-order valence-corrected chi connectivity index (χ0v) is 18.4. The standard InChI is InChI=1S/C24H32N4O3/c1-17-23(30)26-24-25-22-18(16-28(17)24)10-9-13-20(22)31-15-8-4-7-14-21(29)27(2)19-11-5-3-6-12-19/h9-10,13,19H,1,3-8,11-12,14-16H2,2H3,(H,25,26,30). The number of nitrogens with one attached hydrogen (secondary N) is 1. The molecule has 1 aliphatic heterocycles. The van der Waals surface area contributed by atoms with E-state index in [9.17, 15) is 9.59 Å². The summed E-state index contributed by atoms with van der Waals surface area (Å²) in [5, 5.41) is 0.416. The number of rotatable bonds is 8. The van der Waals surface area contributed by atoms with Crippen LogP contribution in [0.5, 0.6) is 5.75 Å². The molecule has 0 saturated heterocycles. The van der Waals surface area contributed by atoms with E-state index in [0.29, 0.717) is 36.6 Å². The lowest BCUT2D eigenvalue weighted by Crippen LogP contribution is -2.38. The number of fused-ring (bicyclic) bond motifs is 2. The summed E-state index contributed by atoms with van der Waals surface area (Å²) in [5.74, 6) is 0.995. The van der Waals surface area contributed by atoms with Gasteiger partial charge in [0.05, 0.1) is 13.2 Å². The van der Waals surface area contributed by atoms with Crippen molar-refractivity contribution in [3.8, 4) is 5.75 Å². The molecule has 7 heteroatoms. The van der Waals surface area contributed by atoms with E-state index in [-0.39, 0.29) is 11.5 Å². The summed E-state index contributed by atoms with van der Waals surface area (Å²) < 4.78 is 7.79. The maximum absolute atomic E-state index is 12.4. The van der Waals surface area contributed by atoms with Gasteiger partial charge in [-0.05, 0) is 38.2 Å². The number of carbonyl (C=O) groups excluding carboxylic acids is 1. The number of amides is 1. The van der Waals surface area contributed by atoms with E-state index in [1.807, 2.05) is 30.1 Å². The Morgan fingerprint density at radius 2 is 2.06 bits per heavy atom. The van der Waals surface area contributed by atoms with Gasteiger partial charge >= 0.3 is 0 Å². The minimum absolute atomic E-state index is 0.210. The quantitative estimate of drug-likeness (QED) is 0.565. The molecule has 1 amide bonds. The normalized spacial score (nSPS) is 15.6. The molecule has 1 saturated carbocycles. The molecular weight excluding hydrogens is 392 g/mol. The van der Waals surface area contributed by atoms with Crippen molar-refractivity contribution in [2.45, 2.75) is 70.4 Å². The zero-order valence-electron chi connectivity index (χ0n) is 18.4. The molecule has 0 radical (unpaired) electrons. The third-order valence-corrected chi connectivity index (χ3v) is 6.51. The molecule has 1 aliphatic carbocycles. The van der Waals surface area contributed by atoms with Crippen molar-refractivity contribution in [2.24, 2.45) is 4.99 Å². The molecule has 2 aromatic rings. The summed E-state index contributed by atoms with van der Waals surface area (Å²) in [6, 6.07) is 6.29. The van der Waals surface area contributed by atoms with Crippen LogP contribution in [-0.2, 0) is 11.3 Å². The van der Waals surface area contributed by atoms with Crippen LogP contribution in [0.1, 0.15) is 63.4 Å². The third kappa shape index (κ3) is 4.75. The van der Waals surface area contributed by atoms with Crippen molar-refractivity contribution in [1.82, 2.24) is 14.5 Å². The lowest BCUT2D eigenvalue weighted by molar-refractivity contribution is -0.132. The molecule has 1 aromatic heterocycles. The number of imidazole rings is 1. The van der Waals surface area contributed by atoms with Gasteiger partial charge in [-0.1, -0.05) is 38.0 Å². The smallest absolute Gasteiger partial charge is 0.274 e. The molecular formula is C24H32N4O3. The van der Waals surface area contributed by atoms with E-state index in [1.54, 1.807) is 4.57 Å². The van der Waals surface area contributed by atoms with Gasteiger partial charge in [0.2, 0.25) is 11.5 Å². The number of hydrogen-bond donors (Lipinski definition) is 1. The molecule has 2 heterocycles. The lowest BCUT2D eigenvalue weighted by Gasteiger charge is -2.31. The molecule has 31 heavy (non-hydrogen) atoms. The van der Waals surface area contributed by atoms with Gasteiger partial charge in [0.1, 0.15) is 16.8 Å². The third-order valence-electron chi connectivity index (χ3n) is 6.51. The maximum atomic E-state index is 12.4. The van der Waals surface area contributed by atoms with Gasteiger partial charge in [0, 0.05) is 25.1 Å². The molecule has 1 N–H and O–H groups in total. The number of H-pyrrole nitrogens is 1. The van der Waals surface area contributed by atoms with Crippen molar-refractivity contribution in [3.05, 3.63) is 45.1 Å². The monoisotopic (exact) mass is 424 g/mol. The van der Waals surface area contributed by atoms with Crippen LogP contribution < -0.4 is 21.3 Å². The Kier molecular flexibility index (Phi) is 6.59. The van der Waals surface area contributed by atoms with Crippen LogP contribution in [0.2, 0.25) is 0 Å². The second-order valence-corrected chi connectivity index (χ2v) is 8.64. The van der Waals surface area contributed by atoms with Crippen molar-refractivity contribution < 1.29 is 9.53 Å². The second kappa shape index (κ2) is 9.54. The largest absolute Gasteiger partial charge is 0.491 e. The zero-order chi connectivity index (χ0) is 21.8. The highest BCUT2D eigenvalue weighted by molar-refractivity contribution is 5.76. The van der Waals surface area contributed by atoms with Crippen LogP contribution in [0.15, 0.2) is 28.0 Å². The second-order valence-electron chi connectivity index (χ2n) is 8.64. The van der Waals surface area contributed by atoms with Crippen molar-refractivity contribution in [1.29, 1.82) is 0 Å². The highest BCUT2D eigenvalue weighted by Crippen LogP contribution is 2.32. The number of nitrogens with zero attached hydrogens (tertiary/aromatic N) is 3. The van der Waals surface area contributed by atoms with Crippen LogP contribution in [0.3, 0.4) is 0 Å². The fourth-order valence-corrected chi connectivity index (χ4v) is 4.55. The van der Waals surface area contributed by atoms with Gasteiger partial charge in [-0.15, -0.1) is 0 Å². The number of carbonyl (C=O) groups is 1. The predicted octanol–water partition coefficient (Wildman–Crippen LogP) is 2.63. The SMILES string of the molecule is C=c1c(=O)[nH]c2n1Cc1cccc(OCCCCCC(=O)N(C)C3CCCCC3)c1N=2. The molecule has 0 bridgehead atoms. The average molecular weight is 425 g/mol. The first-order valence-electron chi connectivity index (χ1n) is 11.4. The lowest BCUT2D eigenvalue weighted by atomic mass is 9.94. The summed E-state index contributed by atoms with van der Waals surface area (Å²) in [6.45, 7) is 4.95. The van der Waals surface area contributed by atoms with Gasteiger partial charge in [-0.2, -0.15) is 0 Å². The van der Waals surface area contributed by atoms with E-state index in [1.165, 1.54) is 19.3 Å². The Morgan fingerprint density at radius 1 is 1.26 bits per heavy atom. The molecule has 166 valence electrons. The van der Waals surface area contributed by atoms with Crippen LogP contribution in [0.25, 0.3) is 6.58 Å². The number of aromatic nitrogens is 2. The Balaban J connectivity index is 1.25. The molecule has 2 aliphatic rings. The Bertz CT molecular complexity index is 1100. The Hall–Kier alpha value is -2.83. The number of aromatic amines is 1. The first kappa shape index (κ1) is 21.4. The summed E-state index contributed by atoms with van der Waals surface area (Å²) in [5.41, 5.74) is 2.08. The predicted molar refractivity (Wildman–Crippen MR) is 120 cm³/mol. The summed E-state index contributed by atoms with van der Waals surface area (Å²) in [6.07, 6.45) is 9.43. The van der Waals surface area contributed by atoms with Crippen LogP contribution in [-0.4, -0.2) is 40.1 Å². The molecule has 0 atom stereocenters. The molecule has 0 spiro atoms. The highest BCUT2D eigenvalue weighted by atomic mass is 16.5. The number of ether oxygens (including phenoxy) is 1. The summed E-state index contributed by atoms with van der Waals surface area (Å²) >= 11 is 0. The molecule has 4 rings (SSSR count). The van der Waals surface area contributed by atoms with E-state index in [0.717, 1.165) is 49.1 Å². The van der Waals surface area contributed by atoms with Crippen LogP contribution in [0, 0.1) is 0 Å². The van der Waals surface area contributed by atoms with E-state index in [2.05, 4.69) is 16.6 Å². The highest BCUT2D eigenvalue weighted by Gasteiger charge is 2.21. The van der Waals surface area contributed by atoms with Gasteiger partial charge in [-0.3, -0.25) is 14.6 Å². The minimum Gasteiger partial charge on any atom is -0.491 e. The van der Waals surface area contributed by atoms with Crippen molar-refractivity contribution >= 4 is 18.2 Å². The number of benzene rings is 1. The van der Waals surface area contributed by atoms with Crippen LogP contribution >= 0.6 is 0 Å². The fraction of sp³-hybridized carbons (Fsp3) is 0.542. The van der Waals surface area contributed by atoms with Crippen LogP contribution in [0.4, 0.5) is 5.69 Å². The number of para-hydroxylation sites is 1. The van der Waals surface area contributed by atoms with Gasteiger partial charge < -0.3 is 14.2 Å². The molecule has 0 unspecified atom stereocenters. The van der Waals surface area contributed by atoms with Gasteiger partial charge in [0.15, 0.2) is 0 Å². The van der Waals surface area contributed by atoms with Crippen molar-refractivity contribution in [3.63, 3.8) is 0 Å². The van der Waals surface area contributed by atoms with E-state index in [4.69, 9.17) is 4.74 Å². The first-order chi connectivity index (χ1) is 15.0. The summed E-state index contributed by atoms with van der Waals surface area (Å²) in [7, 11) is 1.96. The van der Waals surface area contributed by atoms with E-state index >= 15 is 0 Å².